The molecule has 2 aromatic rings. The van der Waals surface area contributed by atoms with Crippen LogP contribution in [-0.4, -0.2) is 12.3 Å². The van der Waals surface area contributed by atoms with E-state index in [9.17, 15) is 4.79 Å². The van der Waals surface area contributed by atoms with Crippen molar-refractivity contribution in [3.8, 4) is 10.4 Å². The van der Waals surface area contributed by atoms with Crippen LogP contribution in [-0.2, 0) is 0 Å². The fourth-order valence-electron chi connectivity index (χ4n) is 1.46. The number of hydrogen-bond donors (Lipinski definition) is 1. The van der Waals surface area contributed by atoms with E-state index in [1.165, 1.54) is 16.9 Å². The first kappa shape index (κ1) is 11.0. The largest absolute Gasteiger partial charge is 0.324 e. The average molecular weight is 231 g/mol. The molecule has 0 radical (unpaired) electrons. The molecule has 0 saturated heterocycles. The molecule has 0 aliphatic carbocycles. The Morgan fingerprint density at radius 3 is 2.50 bits per heavy atom. The van der Waals surface area contributed by atoms with E-state index >= 15 is 0 Å². The Bertz CT molecular complexity index is 499. The summed E-state index contributed by atoms with van der Waals surface area (Å²) >= 11 is 1.49. The van der Waals surface area contributed by atoms with Crippen LogP contribution in [0.4, 0.5) is 0 Å². The average Bonchev–Trinajstić information content (AvgIpc) is 2.78. The van der Waals surface area contributed by atoms with Crippen molar-refractivity contribution in [2.75, 3.05) is 6.54 Å². The predicted octanol–water partition coefficient (Wildman–Crippen LogP) is 2.86. The van der Waals surface area contributed by atoms with Gasteiger partial charge in [-0.2, -0.15) is 0 Å². The number of Topliss-reactive ketones (excluding diaryl/α,β-unsaturated/α-hetero) is 1. The van der Waals surface area contributed by atoms with Gasteiger partial charge in [-0.05, 0) is 24.6 Å². The van der Waals surface area contributed by atoms with Crippen LogP contribution in [0.15, 0.2) is 36.4 Å². The fraction of sp³-hybridized carbons (Fsp3) is 0.154. The lowest BCUT2D eigenvalue weighted by Crippen LogP contribution is -2.11. The van der Waals surface area contributed by atoms with Crippen molar-refractivity contribution in [2.24, 2.45) is 5.73 Å². The summed E-state index contributed by atoms with van der Waals surface area (Å²) in [5, 5.41) is 0. The lowest BCUT2D eigenvalue weighted by atomic mass is 10.1. The maximum Gasteiger partial charge on any atom is 0.186 e. The highest BCUT2D eigenvalue weighted by Crippen LogP contribution is 2.28. The van der Waals surface area contributed by atoms with Crippen molar-refractivity contribution in [3.05, 3.63) is 46.8 Å². The van der Waals surface area contributed by atoms with Gasteiger partial charge in [-0.25, -0.2) is 0 Å². The SMILES string of the molecule is Cc1ccc(-c2ccc(C(=O)CN)s2)cc1. The van der Waals surface area contributed by atoms with E-state index in [4.69, 9.17) is 5.73 Å². The van der Waals surface area contributed by atoms with Gasteiger partial charge >= 0.3 is 0 Å². The second kappa shape index (κ2) is 4.60. The number of thiophene rings is 1. The monoisotopic (exact) mass is 231 g/mol. The number of hydrogen-bond acceptors (Lipinski definition) is 3. The summed E-state index contributed by atoms with van der Waals surface area (Å²) in [5.74, 6) is 0.00311. The highest BCUT2D eigenvalue weighted by molar-refractivity contribution is 7.17. The molecule has 0 unspecified atom stereocenters. The number of nitrogens with two attached hydrogens (primary N) is 1. The van der Waals surface area contributed by atoms with Crippen LogP contribution >= 0.6 is 11.3 Å². The molecular formula is C13H13NOS. The van der Waals surface area contributed by atoms with Gasteiger partial charge in [-0.1, -0.05) is 29.8 Å². The zero-order chi connectivity index (χ0) is 11.5. The minimum Gasteiger partial charge on any atom is -0.324 e. The Labute approximate surface area is 98.7 Å². The standard InChI is InChI=1S/C13H13NOS/c1-9-2-4-10(5-3-9)12-6-7-13(16-12)11(15)8-14/h2-7H,8,14H2,1H3. The summed E-state index contributed by atoms with van der Waals surface area (Å²) in [6, 6.07) is 12.1. The summed E-state index contributed by atoms with van der Waals surface area (Å²) in [7, 11) is 0. The molecule has 0 saturated carbocycles. The molecule has 0 amide bonds. The number of ketones is 1. The molecule has 1 heterocycles. The third-order valence-corrected chi connectivity index (χ3v) is 3.58. The Kier molecular flexibility index (Phi) is 3.17. The third-order valence-electron chi connectivity index (χ3n) is 2.40. The first-order valence-electron chi connectivity index (χ1n) is 5.11. The van der Waals surface area contributed by atoms with Crippen LogP contribution in [0.1, 0.15) is 15.2 Å². The van der Waals surface area contributed by atoms with E-state index in [0.29, 0.717) is 0 Å². The minimum absolute atomic E-state index is 0.00311. The van der Waals surface area contributed by atoms with Crippen molar-refractivity contribution in [2.45, 2.75) is 6.92 Å². The molecular weight excluding hydrogens is 218 g/mol. The number of carbonyl (C=O) groups is 1. The number of benzene rings is 1. The first-order valence-corrected chi connectivity index (χ1v) is 5.92. The van der Waals surface area contributed by atoms with Crippen LogP contribution in [0.2, 0.25) is 0 Å². The minimum atomic E-state index is 0.00311. The first-order chi connectivity index (χ1) is 7.70. The fourth-order valence-corrected chi connectivity index (χ4v) is 2.42. The maximum absolute atomic E-state index is 11.4. The van der Waals surface area contributed by atoms with Gasteiger partial charge in [0.1, 0.15) is 0 Å². The van der Waals surface area contributed by atoms with Crippen LogP contribution in [0.25, 0.3) is 10.4 Å². The molecule has 0 aliphatic rings. The molecule has 2 N–H and O–H groups in total. The van der Waals surface area contributed by atoms with E-state index in [-0.39, 0.29) is 12.3 Å². The van der Waals surface area contributed by atoms with E-state index in [1.807, 2.05) is 12.1 Å². The lowest BCUT2D eigenvalue weighted by Gasteiger charge is -1.97. The van der Waals surface area contributed by atoms with Crippen LogP contribution < -0.4 is 5.73 Å². The molecule has 0 atom stereocenters. The molecule has 2 nitrogen and oxygen atoms in total. The molecule has 0 bridgehead atoms. The maximum atomic E-state index is 11.4. The van der Waals surface area contributed by atoms with E-state index in [2.05, 4.69) is 31.2 Å². The Morgan fingerprint density at radius 2 is 1.88 bits per heavy atom. The number of rotatable bonds is 3. The predicted molar refractivity (Wildman–Crippen MR) is 67.9 cm³/mol. The van der Waals surface area contributed by atoms with Gasteiger partial charge in [0.05, 0.1) is 11.4 Å². The van der Waals surface area contributed by atoms with E-state index in [1.54, 1.807) is 0 Å². The Hall–Kier alpha value is -1.45. The van der Waals surface area contributed by atoms with Crippen molar-refractivity contribution in [3.63, 3.8) is 0 Å². The van der Waals surface area contributed by atoms with E-state index in [0.717, 1.165) is 15.3 Å². The molecule has 0 aliphatic heterocycles. The Morgan fingerprint density at radius 1 is 1.19 bits per heavy atom. The summed E-state index contributed by atoms with van der Waals surface area (Å²) in [6.07, 6.45) is 0. The van der Waals surface area contributed by atoms with E-state index < -0.39 is 0 Å². The van der Waals surface area contributed by atoms with Crippen molar-refractivity contribution in [1.82, 2.24) is 0 Å². The molecule has 82 valence electrons. The Balaban J connectivity index is 2.31. The molecule has 1 aromatic carbocycles. The molecule has 3 heteroatoms. The van der Waals surface area contributed by atoms with Crippen LogP contribution in [0.5, 0.6) is 0 Å². The smallest absolute Gasteiger partial charge is 0.186 e. The van der Waals surface area contributed by atoms with Crippen LogP contribution in [0.3, 0.4) is 0 Å². The summed E-state index contributed by atoms with van der Waals surface area (Å²) in [4.78, 5) is 13.2. The molecule has 0 spiro atoms. The summed E-state index contributed by atoms with van der Waals surface area (Å²) in [6.45, 7) is 2.13. The van der Waals surface area contributed by atoms with Crippen molar-refractivity contribution < 1.29 is 4.79 Å². The second-order valence-electron chi connectivity index (χ2n) is 3.66. The summed E-state index contributed by atoms with van der Waals surface area (Å²) < 4.78 is 0. The highest BCUT2D eigenvalue weighted by Gasteiger charge is 2.08. The summed E-state index contributed by atoms with van der Waals surface area (Å²) in [5.41, 5.74) is 7.71. The van der Waals surface area contributed by atoms with Gasteiger partial charge in [-0.3, -0.25) is 4.79 Å². The number of aryl methyl sites for hydroxylation is 1. The molecule has 0 fully saturated rings. The van der Waals surface area contributed by atoms with Gasteiger partial charge < -0.3 is 5.73 Å². The zero-order valence-electron chi connectivity index (χ0n) is 9.07. The second-order valence-corrected chi connectivity index (χ2v) is 4.74. The van der Waals surface area contributed by atoms with Gasteiger partial charge in [0.15, 0.2) is 5.78 Å². The van der Waals surface area contributed by atoms with Crippen molar-refractivity contribution >= 4 is 17.1 Å². The normalized spacial score (nSPS) is 10.4. The topological polar surface area (TPSA) is 43.1 Å². The van der Waals surface area contributed by atoms with Crippen LogP contribution in [0, 0.1) is 6.92 Å². The van der Waals surface area contributed by atoms with Gasteiger partial charge in [0.2, 0.25) is 0 Å². The third kappa shape index (κ3) is 2.21. The number of carbonyl (C=O) groups excluding carboxylic acids is 1. The van der Waals surface area contributed by atoms with Gasteiger partial charge in [0.25, 0.3) is 0 Å². The molecule has 16 heavy (non-hydrogen) atoms. The molecule has 1 aromatic heterocycles. The highest BCUT2D eigenvalue weighted by atomic mass is 32.1. The lowest BCUT2D eigenvalue weighted by molar-refractivity contribution is 0.100. The van der Waals surface area contributed by atoms with Gasteiger partial charge in [0, 0.05) is 4.88 Å². The quantitative estimate of drug-likeness (QED) is 0.825. The zero-order valence-corrected chi connectivity index (χ0v) is 9.88. The van der Waals surface area contributed by atoms with Gasteiger partial charge in [-0.15, -0.1) is 11.3 Å². The van der Waals surface area contributed by atoms with Crippen molar-refractivity contribution in [1.29, 1.82) is 0 Å². The molecule has 2 rings (SSSR count).